The fraction of sp³-hybridized carbons (Fsp3) is 0.550. The number of hydrazine groups is 1. The van der Waals surface area contributed by atoms with E-state index in [0.29, 0.717) is 17.0 Å². The smallest absolute Gasteiger partial charge is 0.429 e. The summed E-state index contributed by atoms with van der Waals surface area (Å²) in [7, 11) is 0. The molecule has 0 saturated carbocycles. The number of benzene rings is 1. The van der Waals surface area contributed by atoms with Crippen LogP contribution in [0.2, 0.25) is 5.02 Å². The summed E-state index contributed by atoms with van der Waals surface area (Å²) < 4.78 is 10.5. The van der Waals surface area contributed by atoms with Gasteiger partial charge in [-0.2, -0.15) is 0 Å². The van der Waals surface area contributed by atoms with Gasteiger partial charge in [0, 0.05) is 23.6 Å². The highest BCUT2D eigenvalue weighted by Gasteiger charge is 2.26. The zero-order chi connectivity index (χ0) is 21.5. The van der Waals surface area contributed by atoms with Gasteiger partial charge in [0.15, 0.2) is 5.78 Å². The Morgan fingerprint density at radius 2 is 1.50 bits per heavy atom. The molecule has 0 heterocycles. The second-order valence-corrected chi connectivity index (χ2v) is 8.72. The maximum absolute atomic E-state index is 12.4. The van der Waals surface area contributed by atoms with E-state index in [1.165, 1.54) is 0 Å². The number of hydrogen-bond donors (Lipinski definition) is 1. The minimum absolute atomic E-state index is 0.0851. The van der Waals surface area contributed by atoms with Gasteiger partial charge in [-0.15, -0.1) is 0 Å². The van der Waals surface area contributed by atoms with Crippen LogP contribution in [0.15, 0.2) is 24.3 Å². The van der Waals surface area contributed by atoms with Crippen LogP contribution in [0.4, 0.5) is 9.59 Å². The van der Waals surface area contributed by atoms with Crippen LogP contribution in [-0.2, 0) is 9.47 Å². The van der Waals surface area contributed by atoms with Gasteiger partial charge in [0.05, 0.1) is 0 Å². The second kappa shape index (κ2) is 9.78. The van der Waals surface area contributed by atoms with Crippen molar-refractivity contribution in [2.75, 3.05) is 6.54 Å². The van der Waals surface area contributed by atoms with Crippen LogP contribution in [-0.4, -0.2) is 40.7 Å². The van der Waals surface area contributed by atoms with E-state index in [9.17, 15) is 14.4 Å². The molecule has 1 N–H and O–H groups in total. The van der Waals surface area contributed by atoms with Crippen molar-refractivity contribution in [3.05, 3.63) is 34.9 Å². The Hall–Kier alpha value is -2.28. The molecule has 0 aliphatic rings. The Labute approximate surface area is 171 Å². The van der Waals surface area contributed by atoms with Gasteiger partial charge in [-0.3, -0.25) is 4.79 Å². The number of nitrogens with zero attached hydrogens (tertiary/aromatic N) is 1. The number of ether oxygens (including phenoxy) is 2. The van der Waals surface area contributed by atoms with Gasteiger partial charge >= 0.3 is 12.2 Å². The standard InChI is InChI=1S/C20H29ClN2O5/c1-19(2,3)27-17(25)22-23(18(26)28-20(4,5)6)13-7-8-16(24)14-9-11-15(21)12-10-14/h9-12H,7-8,13H2,1-6H3,(H,22,25). The van der Waals surface area contributed by atoms with Crippen LogP contribution < -0.4 is 5.43 Å². The van der Waals surface area contributed by atoms with E-state index in [0.717, 1.165) is 5.01 Å². The molecule has 0 aromatic heterocycles. The molecule has 0 spiro atoms. The molecule has 0 fully saturated rings. The zero-order valence-electron chi connectivity index (χ0n) is 17.3. The molecule has 1 aromatic rings. The molecule has 0 saturated heterocycles. The minimum Gasteiger partial charge on any atom is -0.443 e. The summed E-state index contributed by atoms with van der Waals surface area (Å²) in [5.74, 6) is -0.0851. The van der Waals surface area contributed by atoms with Gasteiger partial charge in [-0.1, -0.05) is 11.6 Å². The molecular weight excluding hydrogens is 384 g/mol. The molecule has 0 bridgehead atoms. The highest BCUT2D eigenvalue weighted by Crippen LogP contribution is 2.14. The lowest BCUT2D eigenvalue weighted by Crippen LogP contribution is -2.50. The topological polar surface area (TPSA) is 84.9 Å². The number of carbonyl (C=O) groups is 3. The summed E-state index contributed by atoms with van der Waals surface area (Å²) >= 11 is 5.82. The normalized spacial score (nSPS) is 11.5. The SMILES string of the molecule is CC(C)(C)OC(=O)NN(CCCC(=O)c1ccc(Cl)cc1)C(=O)OC(C)(C)C. The van der Waals surface area contributed by atoms with Crippen LogP contribution in [0, 0.1) is 0 Å². The van der Waals surface area contributed by atoms with Gasteiger partial charge in [0.25, 0.3) is 0 Å². The number of halogens is 1. The van der Waals surface area contributed by atoms with Crippen molar-refractivity contribution in [3.8, 4) is 0 Å². The Balaban J connectivity index is 2.70. The number of Topliss-reactive ketones (excluding diaryl/α,β-unsaturated/α-hetero) is 1. The van der Waals surface area contributed by atoms with E-state index >= 15 is 0 Å². The zero-order valence-corrected chi connectivity index (χ0v) is 18.1. The van der Waals surface area contributed by atoms with Gasteiger partial charge < -0.3 is 9.47 Å². The molecule has 156 valence electrons. The average molecular weight is 413 g/mol. The molecule has 1 rings (SSSR count). The number of rotatable bonds is 5. The first-order valence-corrected chi connectivity index (χ1v) is 9.43. The fourth-order valence-electron chi connectivity index (χ4n) is 2.10. The Kier molecular flexibility index (Phi) is 8.29. The van der Waals surface area contributed by atoms with E-state index in [-0.39, 0.29) is 18.7 Å². The predicted molar refractivity (Wildman–Crippen MR) is 107 cm³/mol. The summed E-state index contributed by atoms with van der Waals surface area (Å²) in [5, 5.41) is 1.57. The first-order chi connectivity index (χ1) is 12.8. The fourth-order valence-corrected chi connectivity index (χ4v) is 2.22. The van der Waals surface area contributed by atoms with Crippen molar-refractivity contribution in [1.29, 1.82) is 0 Å². The Morgan fingerprint density at radius 3 is 2.00 bits per heavy atom. The van der Waals surface area contributed by atoms with Crippen molar-refractivity contribution in [2.45, 2.75) is 65.6 Å². The van der Waals surface area contributed by atoms with Crippen LogP contribution in [0.3, 0.4) is 0 Å². The predicted octanol–water partition coefficient (Wildman–Crippen LogP) is 4.98. The van der Waals surface area contributed by atoms with E-state index in [1.807, 2.05) is 0 Å². The second-order valence-electron chi connectivity index (χ2n) is 8.28. The monoisotopic (exact) mass is 412 g/mol. The molecule has 1 aromatic carbocycles. The van der Waals surface area contributed by atoms with Crippen molar-refractivity contribution < 1.29 is 23.9 Å². The van der Waals surface area contributed by atoms with Crippen LogP contribution >= 0.6 is 11.6 Å². The summed E-state index contributed by atoms with van der Waals surface area (Å²) in [5.41, 5.74) is 1.48. The number of amides is 2. The number of carbonyl (C=O) groups excluding carboxylic acids is 3. The van der Waals surface area contributed by atoms with E-state index < -0.39 is 23.4 Å². The van der Waals surface area contributed by atoms with Crippen LogP contribution in [0.5, 0.6) is 0 Å². The largest absolute Gasteiger partial charge is 0.443 e. The molecule has 8 heteroatoms. The molecule has 7 nitrogen and oxygen atoms in total. The quantitative estimate of drug-likeness (QED) is 0.544. The van der Waals surface area contributed by atoms with E-state index in [4.69, 9.17) is 21.1 Å². The summed E-state index contributed by atoms with van der Waals surface area (Å²) in [6.07, 6.45) is -0.979. The summed E-state index contributed by atoms with van der Waals surface area (Å²) in [4.78, 5) is 36.7. The Bertz CT molecular complexity index is 690. The van der Waals surface area contributed by atoms with Gasteiger partial charge in [0.1, 0.15) is 11.2 Å². The molecule has 0 aliphatic carbocycles. The number of nitrogens with one attached hydrogen (secondary N) is 1. The van der Waals surface area contributed by atoms with E-state index in [2.05, 4.69) is 5.43 Å². The number of hydrogen-bond acceptors (Lipinski definition) is 5. The lowest BCUT2D eigenvalue weighted by molar-refractivity contribution is 0.00108. The van der Waals surface area contributed by atoms with Crippen molar-refractivity contribution >= 4 is 29.6 Å². The molecule has 28 heavy (non-hydrogen) atoms. The van der Waals surface area contributed by atoms with Crippen molar-refractivity contribution in [1.82, 2.24) is 10.4 Å². The first-order valence-electron chi connectivity index (χ1n) is 9.06. The first kappa shape index (κ1) is 23.8. The summed E-state index contributed by atoms with van der Waals surface area (Å²) in [6, 6.07) is 6.59. The van der Waals surface area contributed by atoms with Crippen LogP contribution in [0.25, 0.3) is 0 Å². The van der Waals surface area contributed by atoms with Gasteiger partial charge in [-0.25, -0.2) is 20.0 Å². The van der Waals surface area contributed by atoms with E-state index in [1.54, 1.807) is 65.8 Å². The third-order valence-electron chi connectivity index (χ3n) is 3.19. The third-order valence-corrected chi connectivity index (χ3v) is 3.44. The molecule has 0 radical (unpaired) electrons. The number of ketones is 1. The van der Waals surface area contributed by atoms with Crippen molar-refractivity contribution in [2.24, 2.45) is 0 Å². The average Bonchev–Trinajstić information content (AvgIpc) is 2.51. The minimum atomic E-state index is -0.776. The maximum atomic E-state index is 12.4. The lowest BCUT2D eigenvalue weighted by atomic mass is 10.1. The van der Waals surface area contributed by atoms with Crippen molar-refractivity contribution in [3.63, 3.8) is 0 Å². The molecule has 2 amide bonds. The highest BCUT2D eigenvalue weighted by molar-refractivity contribution is 6.30. The Morgan fingerprint density at radius 1 is 0.964 bits per heavy atom. The molecular formula is C20H29ClN2O5. The molecule has 0 aliphatic heterocycles. The highest BCUT2D eigenvalue weighted by atomic mass is 35.5. The summed E-state index contributed by atoms with van der Waals surface area (Å²) in [6.45, 7) is 10.4. The molecule has 0 atom stereocenters. The van der Waals surface area contributed by atoms with Crippen LogP contribution in [0.1, 0.15) is 64.7 Å². The lowest BCUT2D eigenvalue weighted by Gasteiger charge is -2.28. The van der Waals surface area contributed by atoms with Gasteiger partial charge in [-0.05, 0) is 72.2 Å². The molecule has 0 unspecified atom stereocenters. The van der Waals surface area contributed by atoms with Gasteiger partial charge in [0.2, 0.25) is 0 Å². The maximum Gasteiger partial charge on any atom is 0.429 e. The third kappa shape index (κ3) is 9.60.